The number of ether oxygens (including phenoxy) is 1. The molecule has 0 aromatic heterocycles. The van der Waals surface area contributed by atoms with Crippen LogP contribution < -0.4 is 5.14 Å². The van der Waals surface area contributed by atoms with Gasteiger partial charge in [-0.3, -0.25) is 0 Å². The molecule has 1 aromatic carbocycles. The summed E-state index contributed by atoms with van der Waals surface area (Å²) in [5.74, 6) is -0.0896. The first-order valence-corrected chi connectivity index (χ1v) is 9.51. The van der Waals surface area contributed by atoms with Gasteiger partial charge in [-0.25, -0.2) is 22.0 Å². The Morgan fingerprint density at radius 1 is 1.24 bits per heavy atom. The summed E-state index contributed by atoms with van der Waals surface area (Å²) >= 11 is 0. The Bertz CT molecular complexity index is 728. The minimum Gasteiger partial charge on any atom is -0.384 e. The molecule has 2 rings (SSSR count). The van der Waals surface area contributed by atoms with Gasteiger partial charge < -0.3 is 4.74 Å². The van der Waals surface area contributed by atoms with E-state index in [2.05, 4.69) is 0 Å². The molecule has 9 heteroatoms. The molecule has 0 unspecified atom stereocenters. The SMILES string of the molecule is COCCS(=O)(=O)N1CCc2ccc(S(N)(=O)=O)cc2C1. The van der Waals surface area contributed by atoms with Gasteiger partial charge in [0.25, 0.3) is 0 Å². The summed E-state index contributed by atoms with van der Waals surface area (Å²) < 4.78 is 53.2. The van der Waals surface area contributed by atoms with Crippen LogP contribution in [-0.2, 0) is 37.7 Å². The molecule has 0 saturated carbocycles. The fourth-order valence-corrected chi connectivity index (χ4v) is 4.14. The number of nitrogens with zero attached hydrogens (tertiary/aromatic N) is 1. The van der Waals surface area contributed by atoms with Gasteiger partial charge in [-0.2, -0.15) is 4.31 Å². The molecule has 1 aliphatic heterocycles. The van der Waals surface area contributed by atoms with Crippen molar-refractivity contribution in [2.45, 2.75) is 17.9 Å². The maximum Gasteiger partial charge on any atom is 0.238 e. The standard InChI is InChI=1S/C12H18N2O5S2/c1-19-6-7-20(15,16)14-5-4-10-2-3-12(21(13,17)18)8-11(10)9-14/h2-3,8H,4-7,9H2,1H3,(H2,13,17,18). The van der Waals surface area contributed by atoms with Gasteiger partial charge in [-0.1, -0.05) is 6.07 Å². The van der Waals surface area contributed by atoms with E-state index in [4.69, 9.17) is 9.88 Å². The highest BCUT2D eigenvalue weighted by Crippen LogP contribution is 2.23. The van der Waals surface area contributed by atoms with E-state index in [-0.39, 0.29) is 23.8 Å². The minimum atomic E-state index is -3.79. The van der Waals surface area contributed by atoms with E-state index in [1.807, 2.05) is 0 Å². The Morgan fingerprint density at radius 2 is 1.95 bits per heavy atom. The van der Waals surface area contributed by atoms with Crippen LogP contribution in [0.2, 0.25) is 0 Å². The lowest BCUT2D eigenvalue weighted by molar-refractivity contribution is 0.215. The zero-order valence-corrected chi connectivity index (χ0v) is 13.3. The van der Waals surface area contributed by atoms with E-state index in [0.29, 0.717) is 18.5 Å². The van der Waals surface area contributed by atoms with Crippen molar-refractivity contribution in [2.75, 3.05) is 26.0 Å². The Hall–Kier alpha value is -1.00. The van der Waals surface area contributed by atoms with Crippen LogP contribution in [0, 0.1) is 0 Å². The van der Waals surface area contributed by atoms with E-state index < -0.39 is 20.0 Å². The second kappa shape index (κ2) is 6.01. The third-order valence-electron chi connectivity index (χ3n) is 3.42. The first-order valence-electron chi connectivity index (χ1n) is 6.35. The van der Waals surface area contributed by atoms with Gasteiger partial charge in [-0.15, -0.1) is 0 Å². The highest BCUT2D eigenvalue weighted by atomic mass is 32.2. The van der Waals surface area contributed by atoms with E-state index in [1.165, 1.54) is 23.5 Å². The normalized spacial score (nSPS) is 16.7. The number of nitrogens with two attached hydrogens (primary N) is 1. The number of primary sulfonamides is 1. The number of hydrogen-bond donors (Lipinski definition) is 1. The number of fused-ring (bicyclic) bond motifs is 1. The molecule has 21 heavy (non-hydrogen) atoms. The van der Waals surface area contributed by atoms with Crippen LogP contribution in [-0.4, -0.2) is 47.2 Å². The van der Waals surface area contributed by atoms with Gasteiger partial charge in [0.05, 0.1) is 17.3 Å². The maximum atomic E-state index is 12.1. The van der Waals surface area contributed by atoms with Crippen molar-refractivity contribution in [2.24, 2.45) is 5.14 Å². The second-order valence-corrected chi connectivity index (χ2v) is 8.52. The van der Waals surface area contributed by atoms with Gasteiger partial charge >= 0.3 is 0 Å². The molecule has 1 aromatic rings. The lowest BCUT2D eigenvalue weighted by Crippen LogP contribution is -2.38. The molecule has 1 aliphatic rings. The Morgan fingerprint density at radius 3 is 2.57 bits per heavy atom. The van der Waals surface area contributed by atoms with E-state index in [9.17, 15) is 16.8 Å². The molecular formula is C12H18N2O5S2. The number of benzene rings is 1. The number of methoxy groups -OCH3 is 1. The summed E-state index contributed by atoms with van der Waals surface area (Å²) in [6.07, 6.45) is 0.548. The minimum absolute atomic E-state index is 0.00242. The van der Waals surface area contributed by atoms with Crippen LogP contribution in [0.25, 0.3) is 0 Å². The molecule has 2 N–H and O–H groups in total. The zero-order valence-electron chi connectivity index (χ0n) is 11.6. The molecule has 0 spiro atoms. The summed E-state index contributed by atoms with van der Waals surface area (Å²) in [4.78, 5) is -0.00242. The molecule has 0 fully saturated rings. The first-order chi connectivity index (χ1) is 9.74. The van der Waals surface area contributed by atoms with Crippen LogP contribution >= 0.6 is 0 Å². The van der Waals surface area contributed by atoms with Gasteiger partial charge in [0.2, 0.25) is 20.0 Å². The van der Waals surface area contributed by atoms with Crippen LogP contribution in [0.4, 0.5) is 0 Å². The van der Waals surface area contributed by atoms with Gasteiger partial charge in [-0.05, 0) is 29.7 Å². The van der Waals surface area contributed by atoms with E-state index >= 15 is 0 Å². The van der Waals surface area contributed by atoms with Crippen molar-refractivity contribution < 1.29 is 21.6 Å². The molecule has 0 bridgehead atoms. The maximum absolute atomic E-state index is 12.1. The van der Waals surface area contributed by atoms with Crippen LogP contribution in [0.5, 0.6) is 0 Å². The molecule has 0 aliphatic carbocycles. The molecule has 118 valence electrons. The van der Waals surface area contributed by atoms with E-state index in [1.54, 1.807) is 6.07 Å². The Kier molecular flexibility index (Phi) is 4.69. The van der Waals surface area contributed by atoms with Crippen molar-refractivity contribution in [1.29, 1.82) is 0 Å². The van der Waals surface area contributed by atoms with Crippen molar-refractivity contribution in [3.8, 4) is 0 Å². The van der Waals surface area contributed by atoms with Gasteiger partial charge in [0, 0.05) is 20.2 Å². The van der Waals surface area contributed by atoms with Crippen LogP contribution in [0.3, 0.4) is 0 Å². The predicted molar refractivity (Wildman–Crippen MR) is 77.6 cm³/mol. The number of hydrogen-bond acceptors (Lipinski definition) is 5. The molecule has 0 amide bonds. The largest absolute Gasteiger partial charge is 0.384 e. The second-order valence-electron chi connectivity index (χ2n) is 4.87. The monoisotopic (exact) mass is 334 g/mol. The molecule has 1 heterocycles. The highest BCUT2D eigenvalue weighted by Gasteiger charge is 2.27. The Labute approximate surface area is 124 Å². The summed E-state index contributed by atoms with van der Waals surface area (Å²) in [6, 6.07) is 4.58. The van der Waals surface area contributed by atoms with Crippen LogP contribution in [0.1, 0.15) is 11.1 Å². The van der Waals surface area contributed by atoms with Crippen molar-refractivity contribution in [3.63, 3.8) is 0 Å². The molecule has 7 nitrogen and oxygen atoms in total. The predicted octanol–water partition coefficient (Wildman–Crippen LogP) is -0.332. The lowest BCUT2D eigenvalue weighted by atomic mass is 10.0. The summed E-state index contributed by atoms with van der Waals surface area (Å²) in [7, 11) is -5.76. The van der Waals surface area contributed by atoms with Crippen LogP contribution in [0.15, 0.2) is 23.1 Å². The molecule has 0 radical (unpaired) electrons. The number of rotatable bonds is 5. The summed E-state index contributed by atoms with van der Waals surface area (Å²) in [5, 5.41) is 5.10. The summed E-state index contributed by atoms with van der Waals surface area (Å²) in [5.41, 5.74) is 1.62. The molecular weight excluding hydrogens is 316 g/mol. The average Bonchev–Trinajstić information content (AvgIpc) is 2.43. The molecule has 0 saturated heterocycles. The van der Waals surface area contributed by atoms with E-state index in [0.717, 1.165) is 5.56 Å². The fourth-order valence-electron chi connectivity index (χ4n) is 2.24. The quantitative estimate of drug-likeness (QED) is 0.793. The average molecular weight is 334 g/mol. The van der Waals surface area contributed by atoms with Crippen molar-refractivity contribution >= 4 is 20.0 Å². The smallest absolute Gasteiger partial charge is 0.238 e. The van der Waals surface area contributed by atoms with Gasteiger partial charge in [0.1, 0.15) is 0 Å². The van der Waals surface area contributed by atoms with Gasteiger partial charge in [0.15, 0.2) is 0 Å². The fraction of sp³-hybridized carbons (Fsp3) is 0.500. The lowest BCUT2D eigenvalue weighted by Gasteiger charge is -2.28. The molecule has 0 atom stereocenters. The highest BCUT2D eigenvalue weighted by molar-refractivity contribution is 7.89. The first kappa shape index (κ1) is 16.4. The topological polar surface area (TPSA) is 107 Å². The third-order valence-corrected chi connectivity index (χ3v) is 6.11. The third kappa shape index (κ3) is 3.80. The van der Waals surface area contributed by atoms with Crippen molar-refractivity contribution in [1.82, 2.24) is 4.31 Å². The van der Waals surface area contributed by atoms with Crippen molar-refractivity contribution in [3.05, 3.63) is 29.3 Å². The Balaban J connectivity index is 2.27. The summed E-state index contributed by atoms with van der Waals surface area (Å²) in [6.45, 7) is 0.668. The number of sulfonamides is 2. The zero-order chi connectivity index (χ0) is 15.7.